The maximum absolute atomic E-state index is 12.7. The van der Waals surface area contributed by atoms with Gasteiger partial charge in [-0.3, -0.25) is 0 Å². The fraction of sp³-hybridized carbons (Fsp3) is 0.0833. The zero-order valence-electron chi connectivity index (χ0n) is 9.74. The van der Waals surface area contributed by atoms with Crippen LogP contribution in [-0.4, -0.2) is 15.0 Å². The third kappa shape index (κ3) is 2.97. The smallest absolute Gasteiger partial charge is 0.383 e. The summed E-state index contributed by atoms with van der Waals surface area (Å²) in [6, 6.07) is 2.07. The average Bonchev–Trinajstić information content (AvgIpc) is 2.37. The van der Waals surface area contributed by atoms with Gasteiger partial charge in [0, 0.05) is 6.20 Å². The Bertz CT molecular complexity index is 684. The van der Waals surface area contributed by atoms with E-state index in [1.807, 2.05) is 0 Å². The molecule has 2 aromatic heterocycles. The Kier molecular flexibility index (Phi) is 3.77. The Balaban J connectivity index is 2.50. The molecule has 0 aliphatic heterocycles. The number of hydrogen-bond acceptors (Lipinski definition) is 4. The molecule has 0 atom stereocenters. The topological polar surface area (TPSA) is 64.7 Å². The molecule has 8 heteroatoms. The van der Waals surface area contributed by atoms with Crippen LogP contribution in [0.25, 0.3) is 0 Å². The first-order chi connectivity index (χ1) is 9.39. The van der Waals surface area contributed by atoms with E-state index >= 15 is 0 Å². The number of anilines is 1. The van der Waals surface area contributed by atoms with Gasteiger partial charge in [0.25, 0.3) is 0 Å². The zero-order valence-corrected chi connectivity index (χ0v) is 10.5. The summed E-state index contributed by atoms with van der Waals surface area (Å²) in [5.74, 6) is 4.70. The van der Waals surface area contributed by atoms with Crippen molar-refractivity contribution in [3.05, 3.63) is 46.6 Å². The minimum Gasteiger partial charge on any atom is -0.383 e. The standard InChI is InChI=1S/C12H6ClF3N4/c13-10-7(11(17)20-6-19-10)3-4-9-8(12(14,15)16)2-1-5-18-9/h1-2,5-6H,(H2,17,19,20). The minimum absolute atomic E-state index is 0.0120. The molecule has 102 valence electrons. The predicted molar refractivity (Wildman–Crippen MR) is 66.7 cm³/mol. The lowest BCUT2D eigenvalue weighted by Crippen LogP contribution is -2.08. The summed E-state index contributed by atoms with van der Waals surface area (Å²) in [5.41, 5.74) is 4.24. The molecule has 2 rings (SSSR count). The number of alkyl halides is 3. The number of nitrogens with zero attached hydrogens (tertiary/aromatic N) is 3. The van der Waals surface area contributed by atoms with E-state index in [1.54, 1.807) is 0 Å². The lowest BCUT2D eigenvalue weighted by molar-refractivity contribution is -0.138. The van der Waals surface area contributed by atoms with E-state index in [0.29, 0.717) is 0 Å². The fourth-order valence-electron chi connectivity index (χ4n) is 1.35. The van der Waals surface area contributed by atoms with Crippen molar-refractivity contribution in [1.29, 1.82) is 0 Å². The monoisotopic (exact) mass is 298 g/mol. The van der Waals surface area contributed by atoms with Crippen LogP contribution in [0.4, 0.5) is 19.0 Å². The van der Waals surface area contributed by atoms with Crippen LogP contribution in [0.15, 0.2) is 24.7 Å². The highest BCUT2D eigenvalue weighted by atomic mass is 35.5. The van der Waals surface area contributed by atoms with Crippen LogP contribution in [0.5, 0.6) is 0 Å². The molecule has 2 N–H and O–H groups in total. The molecule has 20 heavy (non-hydrogen) atoms. The number of hydrogen-bond donors (Lipinski definition) is 1. The Morgan fingerprint density at radius 1 is 1.15 bits per heavy atom. The van der Waals surface area contributed by atoms with Crippen molar-refractivity contribution in [1.82, 2.24) is 15.0 Å². The average molecular weight is 299 g/mol. The van der Waals surface area contributed by atoms with Crippen LogP contribution < -0.4 is 5.73 Å². The highest BCUT2D eigenvalue weighted by Gasteiger charge is 2.33. The number of aromatic nitrogens is 3. The molecule has 0 saturated carbocycles. The number of nitrogen functional groups attached to an aromatic ring is 1. The number of rotatable bonds is 0. The van der Waals surface area contributed by atoms with Crippen molar-refractivity contribution in [2.24, 2.45) is 0 Å². The van der Waals surface area contributed by atoms with E-state index in [-0.39, 0.29) is 16.5 Å². The van der Waals surface area contributed by atoms with Crippen LogP contribution in [0.3, 0.4) is 0 Å². The first-order valence-corrected chi connectivity index (χ1v) is 5.57. The van der Waals surface area contributed by atoms with Crippen molar-refractivity contribution >= 4 is 17.4 Å². The minimum atomic E-state index is -4.54. The highest BCUT2D eigenvalue weighted by Crippen LogP contribution is 2.30. The molecule has 0 aromatic carbocycles. The summed E-state index contributed by atoms with van der Waals surface area (Å²) in [7, 11) is 0. The summed E-state index contributed by atoms with van der Waals surface area (Å²) < 4.78 is 38.2. The maximum atomic E-state index is 12.7. The van der Waals surface area contributed by atoms with Gasteiger partial charge in [0.05, 0.1) is 5.56 Å². The normalized spacial score (nSPS) is 10.8. The molecule has 2 heterocycles. The second-order valence-corrected chi connectivity index (χ2v) is 3.93. The Morgan fingerprint density at radius 3 is 2.55 bits per heavy atom. The van der Waals surface area contributed by atoms with Gasteiger partial charge >= 0.3 is 6.18 Å². The van der Waals surface area contributed by atoms with Crippen molar-refractivity contribution in [3.63, 3.8) is 0 Å². The molecular weight excluding hydrogens is 293 g/mol. The van der Waals surface area contributed by atoms with Crippen LogP contribution in [0, 0.1) is 11.8 Å². The Hall–Kier alpha value is -2.33. The highest BCUT2D eigenvalue weighted by molar-refractivity contribution is 6.30. The molecule has 0 aliphatic rings. The van der Waals surface area contributed by atoms with E-state index in [1.165, 1.54) is 12.3 Å². The van der Waals surface area contributed by atoms with Crippen molar-refractivity contribution < 1.29 is 13.2 Å². The van der Waals surface area contributed by atoms with Gasteiger partial charge in [0.2, 0.25) is 0 Å². The molecule has 0 bridgehead atoms. The molecule has 0 radical (unpaired) electrons. The second-order valence-electron chi connectivity index (χ2n) is 3.57. The molecule has 2 aromatic rings. The summed E-state index contributed by atoms with van der Waals surface area (Å²) in [6.45, 7) is 0. The first kappa shape index (κ1) is 14.1. The second kappa shape index (κ2) is 5.35. The third-order valence-corrected chi connectivity index (χ3v) is 2.54. The Morgan fingerprint density at radius 2 is 1.90 bits per heavy atom. The first-order valence-electron chi connectivity index (χ1n) is 5.20. The van der Waals surface area contributed by atoms with Crippen molar-refractivity contribution in [3.8, 4) is 11.8 Å². The molecule has 0 aliphatic carbocycles. The van der Waals surface area contributed by atoms with Crippen LogP contribution in [-0.2, 0) is 6.18 Å². The van der Waals surface area contributed by atoms with Crippen LogP contribution >= 0.6 is 11.6 Å². The van der Waals surface area contributed by atoms with E-state index < -0.39 is 17.4 Å². The largest absolute Gasteiger partial charge is 0.419 e. The number of nitrogens with two attached hydrogens (primary N) is 1. The maximum Gasteiger partial charge on any atom is 0.419 e. The summed E-state index contributed by atoms with van der Waals surface area (Å²) in [4.78, 5) is 10.9. The van der Waals surface area contributed by atoms with E-state index in [9.17, 15) is 13.2 Å². The lowest BCUT2D eigenvalue weighted by atomic mass is 10.2. The zero-order chi connectivity index (χ0) is 14.8. The fourth-order valence-corrected chi connectivity index (χ4v) is 1.54. The van der Waals surface area contributed by atoms with Gasteiger partial charge in [-0.2, -0.15) is 13.2 Å². The number of pyridine rings is 1. The SMILES string of the molecule is Nc1ncnc(Cl)c1C#Cc1ncccc1C(F)(F)F. The molecule has 0 saturated heterocycles. The van der Waals surface area contributed by atoms with E-state index in [2.05, 4.69) is 26.8 Å². The third-order valence-electron chi connectivity index (χ3n) is 2.25. The molecular formula is C12H6ClF3N4. The lowest BCUT2D eigenvalue weighted by Gasteiger charge is -2.07. The molecule has 0 spiro atoms. The van der Waals surface area contributed by atoms with Crippen molar-refractivity contribution in [2.75, 3.05) is 5.73 Å². The quantitative estimate of drug-likeness (QED) is 0.599. The van der Waals surface area contributed by atoms with Gasteiger partial charge < -0.3 is 5.73 Å². The van der Waals surface area contributed by atoms with Gasteiger partial charge in [-0.05, 0) is 18.1 Å². The van der Waals surface area contributed by atoms with Gasteiger partial charge in [0.1, 0.15) is 28.6 Å². The number of halogens is 4. The molecule has 0 unspecified atom stereocenters. The van der Waals surface area contributed by atoms with Crippen LogP contribution in [0.1, 0.15) is 16.8 Å². The van der Waals surface area contributed by atoms with Gasteiger partial charge in [-0.25, -0.2) is 15.0 Å². The van der Waals surface area contributed by atoms with E-state index in [0.717, 1.165) is 12.4 Å². The summed E-state index contributed by atoms with van der Waals surface area (Å²) in [5, 5.41) is -0.0329. The predicted octanol–water partition coefficient (Wildman–Crippen LogP) is 2.53. The molecule has 4 nitrogen and oxygen atoms in total. The molecule has 0 fully saturated rings. The van der Waals surface area contributed by atoms with Gasteiger partial charge in [-0.15, -0.1) is 0 Å². The van der Waals surface area contributed by atoms with Crippen LogP contribution in [0.2, 0.25) is 5.15 Å². The molecule has 0 amide bonds. The Labute approximate surface area is 116 Å². The summed E-state index contributed by atoms with van der Waals surface area (Å²) >= 11 is 5.75. The van der Waals surface area contributed by atoms with Gasteiger partial charge in [-0.1, -0.05) is 17.5 Å². The van der Waals surface area contributed by atoms with Gasteiger partial charge in [0.15, 0.2) is 0 Å². The summed E-state index contributed by atoms with van der Waals surface area (Å²) in [6.07, 6.45) is -2.20. The van der Waals surface area contributed by atoms with Crippen molar-refractivity contribution in [2.45, 2.75) is 6.18 Å². The van der Waals surface area contributed by atoms with E-state index in [4.69, 9.17) is 17.3 Å².